The van der Waals surface area contributed by atoms with Crippen LogP contribution in [-0.4, -0.2) is 13.9 Å². The van der Waals surface area contributed by atoms with Crippen LogP contribution in [0.3, 0.4) is 0 Å². The van der Waals surface area contributed by atoms with Crippen molar-refractivity contribution in [3.05, 3.63) is 243 Å². The van der Waals surface area contributed by atoms with Gasteiger partial charge in [-0.25, -0.2) is 4.57 Å². The molecule has 12 aromatic rings. The number of fused-ring (bicyclic) bond motifs is 14. The zero-order valence-electron chi connectivity index (χ0n) is 41.8. The van der Waals surface area contributed by atoms with E-state index in [0.29, 0.717) is 99.1 Å². The molecule has 9 nitrogen and oxygen atoms in total. The minimum Gasteiger partial charge on any atom is -0.417 e. The van der Waals surface area contributed by atoms with Crippen LogP contribution in [0.2, 0.25) is 0 Å². The van der Waals surface area contributed by atoms with E-state index in [2.05, 4.69) is 9.01 Å². The van der Waals surface area contributed by atoms with Gasteiger partial charge in [0.15, 0.2) is 0 Å². The Morgan fingerprint density at radius 3 is 0.887 bits per heavy atom. The average molecular weight is 1110 g/mol. The first kappa shape index (κ1) is 49.3. The largest absolute Gasteiger partial charge is 0.522 e. The van der Waals surface area contributed by atoms with E-state index in [0.717, 1.165) is 10.8 Å². The molecule has 0 fully saturated rings. The van der Waals surface area contributed by atoms with Crippen LogP contribution >= 0.6 is 15.4 Å². The van der Waals surface area contributed by atoms with Crippen LogP contribution in [0.5, 0.6) is 23.0 Å². The highest BCUT2D eigenvalue weighted by molar-refractivity contribution is 7.94. The van der Waals surface area contributed by atoms with Crippen LogP contribution in [0.1, 0.15) is 0 Å². The van der Waals surface area contributed by atoms with Crippen LogP contribution in [0.15, 0.2) is 247 Å². The summed E-state index contributed by atoms with van der Waals surface area (Å²) in [5, 5.41) is 5.46. The maximum atomic E-state index is 17.3. The van der Waals surface area contributed by atoms with Crippen molar-refractivity contribution in [1.82, 2.24) is 4.86 Å². The Labute approximate surface area is 457 Å². The Bertz CT molecular complexity index is 4470. The van der Waals surface area contributed by atoms with Gasteiger partial charge in [0.2, 0.25) is 0 Å². The molecule has 1 N–H and O–H groups in total. The number of hydrogen-bond acceptors (Lipinski definition) is 7. The Balaban J connectivity index is 1.14. The van der Waals surface area contributed by atoms with E-state index in [1.54, 1.807) is 48.5 Å². The number of nitrogens with zero attached hydrogens (tertiary/aromatic N) is 1. The van der Waals surface area contributed by atoms with Gasteiger partial charge in [0.25, 0.3) is 0 Å². The summed E-state index contributed by atoms with van der Waals surface area (Å²) in [6.07, 6.45) is 0. The Morgan fingerprint density at radius 2 is 0.613 bits per heavy atom. The molecule has 0 saturated carbocycles. The predicted molar refractivity (Wildman–Crippen MR) is 313 cm³/mol. The summed E-state index contributed by atoms with van der Waals surface area (Å²) < 4.78 is 125. The summed E-state index contributed by atoms with van der Waals surface area (Å²) >= 11 is 0. The van der Waals surface area contributed by atoms with Crippen molar-refractivity contribution < 1.29 is 44.2 Å². The topological polar surface area (TPSA) is 113 Å². The van der Waals surface area contributed by atoms with Gasteiger partial charge in [-0.1, -0.05) is 227 Å². The fourth-order valence-electron chi connectivity index (χ4n) is 11.0. The Kier molecular flexibility index (Phi) is 11.6. The van der Waals surface area contributed by atoms with Gasteiger partial charge >= 0.3 is 30.9 Å². The molecular formula is C65H41F3N2O7P2S. The smallest absolute Gasteiger partial charge is 0.417 e. The van der Waals surface area contributed by atoms with Crippen LogP contribution in [0.25, 0.3) is 110 Å². The van der Waals surface area contributed by atoms with Crippen LogP contribution in [0, 0.1) is 0 Å². The lowest BCUT2D eigenvalue weighted by molar-refractivity contribution is -0.0435. The summed E-state index contributed by atoms with van der Waals surface area (Å²) in [5.74, 6) is -0.196. The van der Waals surface area contributed by atoms with E-state index in [4.69, 9.17) is 18.1 Å². The number of nitrogens with one attached hydrogen (secondary N) is 1. The molecule has 0 amide bonds. The van der Waals surface area contributed by atoms with E-state index in [9.17, 15) is 8.42 Å². The quantitative estimate of drug-likeness (QED) is 0.157. The first-order chi connectivity index (χ1) is 38.8. The zero-order chi connectivity index (χ0) is 54.4. The van der Waals surface area contributed by atoms with E-state index >= 15 is 17.7 Å². The lowest BCUT2D eigenvalue weighted by Gasteiger charge is -2.29. The highest BCUT2D eigenvalue weighted by Gasteiger charge is 2.54. The van der Waals surface area contributed by atoms with E-state index in [1.807, 2.05) is 194 Å². The van der Waals surface area contributed by atoms with Crippen LogP contribution < -0.4 is 23.0 Å². The lowest BCUT2D eigenvalue weighted by Crippen LogP contribution is -2.26. The minimum absolute atomic E-state index is 0.0132. The van der Waals surface area contributed by atoms with Gasteiger partial charge in [-0.3, -0.25) is 0 Å². The second kappa shape index (κ2) is 18.9. The van der Waals surface area contributed by atoms with E-state index < -0.39 is 30.9 Å². The molecule has 0 unspecified atom stereocenters. The molecule has 12 aromatic carbocycles. The third kappa shape index (κ3) is 8.32. The third-order valence-electron chi connectivity index (χ3n) is 14.5. The van der Waals surface area contributed by atoms with Gasteiger partial charge in [-0.15, -0.1) is 0 Å². The molecular weight excluding hydrogens is 1070 g/mol. The predicted octanol–water partition coefficient (Wildman–Crippen LogP) is 19.0. The van der Waals surface area contributed by atoms with Gasteiger partial charge < -0.3 is 18.1 Å². The molecule has 14 rings (SSSR count). The Morgan fingerprint density at radius 1 is 0.362 bits per heavy atom. The number of alkyl halides is 3. The molecule has 0 aromatic heterocycles. The molecule has 0 saturated heterocycles. The van der Waals surface area contributed by atoms with Crippen molar-refractivity contribution in [3.8, 4) is 89.8 Å². The highest BCUT2D eigenvalue weighted by Crippen LogP contribution is 2.70. The number of rotatable bonds is 7. The zero-order valence-corrected chi connectivity index (χ0v) is 44.4. The second-order valence-corrected chi connectivity index (χ2v) is 25.0. The monoisotopic (exact) mass is 1110 g/mol. The maximum Gasteiger partial charge on any atom is 0.522 e. The first-order valence-corrected chi connectivity index (χ1v) is 30.0. The SMILES string of the molecule is O=P1(NP2(=NS(=O)(=O)C(F)(F)F)Oc3c(-c4ccccc4)cc4ccccc4c3-c3c(c(-c4ccccc4)cc4ccccc34)O2)Oc2c(-c3ccccc3)cc3ccccc3c2-c2c(c(-c3ccccc3)cc3ccccc23)O1. The molecule has 0 bridgehead atoms. The van der Waals surface area contributed by atoms with Crippen LogP contribution in [0.4, 0.5) is 13.2 Å². The van der Waals surface area contributed by atoms with Gasteiger partial charge in [0.05, 0.1) is 0 Å². The fraction of sp³-hybridized carbons (Fsp3) is 0.0154. The second-order valence-electron chi connectivity index (χ2n) is 19.3. The molecule has 0 spiro atoms. The molecule has 0 atom stereocenters. The average Bonchev–Trinajstić information content (AvgIpc) is 3.16. The number of hydrogen-bond donors (Lipinski definition) is 1. The summed E-state index contributed by atoms with van der Waals surface area (Å²) in [6, 6.07) is 73.9. The lowest BCUT2D eigenvalue weighted by atomic mass is 9.86. The third-order valence-corrected chi connectivity index (χ3v) is 20.5. The molecule has 2 aliphatic rings. The van der Waals surface area contributed by atoms with Gasteiger partial charge in [-0.2, -0.15) is 21.6 Å². The number of sulfonamides is 1. The molecule has 2 heterocycles. The number of benzene rings is 12. The molecule has 0 aliphatic carbocycles. The molecule has 0 radical (unpaired) electrons. The normalized spacial score (nSPS) is 14.2. The van der Waals surface area contributed by atoms with Crippen molar-refractivity contribution in [2.45, 2.75) is 5.51 Å². The standard InChI is InChI=1S/C65H41F3N2O7P2S/c66-65(67,68)80(72,73)70-78(74-61-53(41-21-5-1-6-22-41)37-45-29-13-17-33-49(45)57(61)58-50-34-18-14-30-46(50)38-54(62(58)75-78)42-23-7-2-8-24-42)69-79(71)76-63-55(43-25-9-3-10-26-43)39-47-31-15-19-35-51(47)59(63)60-52-36-20-16-32-48(52)40-56(64(60)77-79)44-27-11-4-12-28-44/h1-40H,(H,69,71). The van der Waals surface area contributed by atoms with E-state index in [1.165, 1.54) is 0 Å². The van der Waals surface area contributed by atoms with Crippen molar-refractivity contribution in [3.63, 3.8) is 0 Å². The summed E-state index contributed by atoms with van der Waals surface area (Å²) in [7, 11) is -17.8. The minimum atomic E-state index is -6.65. The molecule has 390 valence electrons. The van der Waals surface area contributed by atoms with Gasteiger partial charge in [-0.05, 0) is 89.6 Å². The fourth-order valence-corrected chi connectivity index (χ4v) is 17.0. The van der Waals surface area contributed by atoms with Gasteiger partial charge in [0, 0.05) is 44.5 Å². The molecule has 15 heteroatoms. The van der Waals surface area contributed by atoms with Crippen molar-refractivity contribution >= 4 is 68.5 Å². The van der Waals surface area contributed by atoms with Gasteiger partial charge in [0.1, 0.15) is 23.0 Å². The summed E-state index contributed by atoms with van der Waals surface area (Å²) in [6.45, 7) is 0. The van der Waals surface area contributed by atoms with E-state index in [-0.39, 0.29) is 23.0 Å². The summed E-state index contributed by atoms with van der Waals surface area (Å²) in [4.78, 5) is 2.76. The molecule has 2 aliphatic heterocycles. The maximum absolute atomic E-state index is 17.3. The Hall–Kier alpha value is -8.96. The van der Waals surface area contributed by atoms with Crippen molar-refractivity contribution in [1.29, 1.82) is 0 Å². The van der Waals surface area contributed by atoms with Crippen molar-refractivity contribution in [2.24, 2.45) is 4.15 Å². The van der Waals surface area contributed by atoms with Crippen LogP contribution in [-0.2, 0) is 14.6 Å². The number of halogens is 3. The summed E-state index contributed by atoms with van der Waals surface area (Å²) in [5.41, 5.74) is -0.520. The van der Waals surface area contributed by atoms with Crippen molar-refractivity contribution in [2.75, 3.05) is 0 Å². The highest BCUT2D eigenvalue weighted by atomic mass is 32.2. The molecule has 80 heavy (non-hydrogen) atoms. The first-order valence-electron chi connectivity index (χ1n) is 25.4.